The number of nitrogens with one attached hydrogen (secondary N) is 1. The van der Waals surface area contributed by atoms with Gasteiger partial charge in [0.15, 0.2) is 11.6 Å². The third kappa shape index (κ3) is 4.93. The molecule has 142 valence electrons. The van der Waals surface area contributed by atoms with Gasteiger partial charge in [-0.3, -0.25) is 0 Å². The number of aromatic nitrogens is 1. The van der Waals surface area contributed by atoms with E-state index in [1.807, 2.05) is 27.7 Å². The van der Waals surface area contributed by atoms with Crippen molar-refractivity contribution in [2.75, 3.05) is 5.73 Å². The van der Waals surface area contributed by atoms with Crippen LogP contribution in [0.25, 0.3) is 0 Å². The molecule has 0 unspecified atom stereocenters. The van der Waals surface area contributed by atoms with Gasteiger partial charge >= 0.3 is 0 Å². The number of nitrogen functional groups attached to an aromatic ring is 1. The van der Waals surface area contributed by atoms with E-state index in [1.165, 1.54) is 12.3 Å². The van der Waals surface area contributed by atoms with Crippen molar-refractivity contribution in [3.63, 3.8) is 0 Å². The van der Waals surface area contributed by atoms with Gasteiger partial charge in [-0.1, -0.05) is 24.6 Å². The summed E-state index contributed by atoms with van der Waals surface area (Å²) in [6, 6.07) is 5.73. The first-order valence-corrected chi connectivity index (χ1v) is 9.71. The van der Waals surface area contributed by atoms with Gasteiger partial charge in [0.25, 0.3) is 0 Å². The number of hydrogen-bond acceptors (Lipinski definition) is 4. The van der Waals surface area contributed by atoms with E-state index in [0.29, 0.717) is 17.7 Å². The fourth-order valence-electron chi connectivity index (χ4n) is 2.19. The molecular weight excluding hydrogens is 377 g/mol. The summed E-state index contributed by atoms with van der Waals surface area (Å²) < 4.78 is 35.6. The van der Waals surface area contributed by atoms with E-state index in [2.05, 4.69) is 9.71 Å². The highest BCUT2D eigenvalue weighted by Gasteiger charge is 2.26. The Hall–Kier alpha value is -1.70. The first kappa shape index (κ1) is 20.6. The van der Waals surface area contributed by atoms with Crippen LogP contribution in [0.3, 0.4) is 0 Å². The van der Waals surface area contributed by atoms with E-state index in [4.69, 9.17) is 22.1 Å². The molecule has 0 saturated carbocycles. The lowest BCUT2D eigenvalue weighted by atomic mass is 10.0. The summed E-state index contributed by atoms with van der Waals surface area (Å²) in [5.41, 5.74) is 5.96. The van der Waals surface area contributed by atoms with Crippen LogP contribution >= 0.6 is 11.6 Å². The maximum absolute atomic E-state index is 15.1. The monoisotopic (exact) mass is 399 g/mol. The third-order valence-corrected chi connectivity index (χ3v) is 5.55. The molecule has 5 nitrogen and oxygen atoms in total. The Morgan fingerprint density at radius 1 is 1.38 bits per heavy atom. The first-order valence-electron chi connectivity index (χ1n) is 8.18. The van der Waals surface area contributed by atoms with Crippen LogP contribution < -0.4 is 15.2 Å². The zero-order valence-corrected chi connectivity index (χ0v) is 16.7. The minimum Gasteiger partial charge on any atom is -0.452 e. The van der Waals surface area contributed by atoms with Gasteiger partial charge < -0.3 is 10.5 Å². The molecule has 1 aromatic carbocycles. The van der Waals surface area contributed by atoms with Gasteiger partial charge in [0.1, 0.15) is 11.6 Å². The van der Waals surface area contributed by atoms with Gasteiger partial charge in [0.2, 0.25) is 0 Å². The van der Waals surface area contributed by atoms with E-state index >= 15 is 4.39 Å². The predicted octanol–water partition coefficient (Wildman–Crippen LogP) is 4.75. The SMILES string of the molecule is CC[C@@H](N[S@](=O)C(C)(C)C)c1ccc(Cl)c(Oc2ccnc(N)c2)c1F. The minimum absolute atomic E-state index is 0.100. The lowest BCUT2D eigenvalue weighted by Gasteiger charge is -2.24. The number of nitrogens with zero attached hydrogens (tertiary/aromatic N) is 1. The summed E-state index contributed by atoms with van der Waals surface area (Å²) in [6.07, 6.45) is 2.01. The molecule has 2 atom stereocenters. The van der Waals surface area contributed by atoms with Gasteiger partial charge in [-0.05, 0) is 39.3 Å². The molecule has 1 heterocycles. The Morgan fingerprint density at radius 2 is 2.08 bits per heavy atom. The van der Waals surface area contributed by atoms with Gasteiger partial charge in [0, 0.05) is 23.9 Å². The first-order chi connectivity index (χ1) is 12.1. The second-order valence-corrected chi connectivity index (χ2v) is 9.16. The molecule has 0 aliphatic carbocycles. The topological polar surface area (TPSA) is 77.2 Å². The molecule has 0 bridgehead atoms. The molecule has 0 aliphatic rings. The van der Waals surface area contributed by atoms with Crippen molar-refractivity contribution in [1.29, 1.82) is 0 Å². The Balaban J connectivity index is 2.36. The maximum Gasteiger partial charge on any atom is 0.181 e. The van der Waals surface area contributed by atoms with Crippen LogP contribution in [0.4, 0.5) is 10.2 Å². The number of benzene rings is 1. The molecule has 2 rings (SSSR count). The normalized spacial score (nSPS) is 14.1. The molecule has 3 N–H and O–H groups in total. The molecule has 2 aromatic rings. The molecule has 0 saturated heterocycles. The average Bonchev–Trinajstić information content (AvgIpc) is 2.56. The fraction of sp³-hybridized carbons (Fsp3) is 0.389. The molecular formula is C18H23ClFN3O2S. The largest absolute Gasteiger partial charge is 0.452 e. The quantitative estimate of drug-likeness (QED) is 0.734. The Labute approximate surface area is 160 Å². The lowest BCUT2D eigenvalue weighted by molar-refractivity contribution is 0.432. The summed E-state index contributed by atoms with van der Waals surface area (Å²) in [5, 5.41) is 0.133. The van der Waals surface area contributed by atoms with Crippen LogP contribution in [-0.4, -0.2) is 13.9 Å². The van der Waals surface area contributed by atoms with Crippen molar-refractivity contribution >= 4 is 28.4 Å². The lowest BCUT2D eigenvalue weighted by Crippen LogP contribution is -2.35. The zero-order valence-electron chi connectivity index (χ0n) is 15.2. The fourth-order valence-corrected chi connectivity index (χ4v) is 3.28. The molecule has 26 heavy (non-hydrogen) atoms. The van der Waals surface area contributed by atoms with E-state index in [-0.39, 0.29) is 16.6 Å². The molecule has 0 aliphatic heterocycles. The van der Waals surface area contributed by atoms with E-state index in [1.54, 1.807) is 18.2 Å². The maximum atomic E-state index is 15.1. The Bertz CT molecular complexity index is 812. The van der Waals surface area contributed by atoms with Gasteiger partial charge in [-0.25, -0.2) is 18.3 Å². The summed E-state index contributed by atoms with van der Waals surface area (Å²) in [5.74, 6) is -0.117. The number of halogens is 2. The number of anilines is 1. The minimum atomic E-state index is -1.34. The standard InChI is InChI=1S/C18H23ClFN3O2S/c1-5-14(23-26(24)18(2,3)4)12-6-7-13(19)17(16(12)20)25-11-8-9-22-15(21)10-11/h6-10,14,23H,5H2,1-4H3,(H2,21,22)/t14-,26-/m1/s1. The highest BCUT2D eigenvalue weighted by molar-refractivity contribution is 7.84. The van der Waals surface area contributed by atoms with Crippen molar-refractivity contribution in [3.8, 4) is 11.5 Å². The van der Waals surface area contributed by atoms with Gasteiger partial charge in [0.05, 0.1) is 20.8 Å². The van der Waals surface area contributed by atoms with Crippen molar-refractivity contribution in [2.45, 2.75) is 44.9 Å². The highest BCUT2D eigenvalue weighted by atomic mass is 35.5. The van der Waals surface area contributed by atoms with Crippen LogP contribution in [-0.2, 0) is 11.0 Å². The van der Waals surface area contributed by atoms with Crippen LogP contribution in [0.2, 0.25) is 5.02 Å². The number of nitrogens with two attached hydrogens (primary N) is 1. The smallest absolute Gasteiger partial charge is 0.181 e. The van der Waals surface area contributed by atoms with Crippen LogP contribution in [0.5, 0.6) is 11.5 Å². The van der Waals surface area contributed by atoms with Crippen LogP contribution in [0.1, 0.15) is 45.7 Å². The van der Waals surface area contributed by atoms with Crippen molar-refractivity contribution in [2.24, 2.45) is 0 Å². The molecule has 0 fully saturated rings. The average molecular weight is 400 g/mol. The van der Waals surface area contributed by atoms with E-state index < -0.39 is 27.6 Å². The molecule has 8 heteroatoms. The third-order valence-electron chi connectivity index (χ3n) is 3.64. The predicted molar refractivity (Wildman–Crippen MR) is 104 cm³/mol. The van der Waals surface area contributed by atoms with Crippen molar-refractivity contribution in [1.82, 2.24) is 9.71 Å². The van der Waals surface area contributed by atoms with Crippen molar-refractivity contribution in [3.05, 3.63) is 46.9 Å². The number of pyridine rings is 1. The molecule has 0 radical (unpaired) electrons. The summed E-state index contributed by atoms with van der Waals surface area (Å²) in [6.45, 7) is 7.44. The Morgan fingerprint density at radius 3 is 2.65 bits per heavy atom. The molecule has 0 spiro atoms. The molecule has 0 amide bonds. The summed E-state index contributed by atoms with van der Waals surface area (Å²) >= 11 is 6.13. The van der Waals surface area contributed by atoms with Crippen molar-refractivity contribution < 1.29 is 13.3 Å². The second-order valence-electron chi connectivity index (χ2n) is 6.76. The highest BCUT2D eigenvalue weighted by Crippen LogP contribution is 2.37. The zero-order chi connectivity index (χ0) is 19.5. The summed E-state index contributed by atoms with van der Waals surface area (Å²) in [7, 11) is -1.34. The second kappa shape index (κ2) is 8.33. The van der Waals surface area contributed by atoms with Gasteiger partial charge in [-0.2, -0.15) is 0 Å². The van der Waals surface area contributed by atoms with E-state index in [9.17, 15) is 4.21 Å². The summed E-state index contributed by atoms with van der Waals surface area (Å²) in [4.78, 5) is 3.87. The Kier molecular flexibility index (Phi) is 6.60. The number of hydrogen-bond donors (Lipinski definition) is 2. The number of rotatable bonds is 6. The van der Waals surface area contributed by atoms with E-state index in [0.717, 1.165) is 0 Å². The van der Waals surface area contributed by atoms with Gasteiger partial charge in [-0.15, -0.1) is 0 Å². The van der Waals surface area contributed by atoms with Crippen LogP contribution in [0.15, 0.2) is 30.5 Å². The number of ether oxygens (including phenoxy) is 1. The van der Waals surface area contributed by atoms with Crippen LogP contribution in [0, 0.1) is 5.82 Å². The molecule has 1 aromatic heterocycles.